The van der Waals surface area contributed by atoms with Crippen LogP contribution in [0, 0.1) is 25.2 Å². The summed E-state index contributed by atoms with van der Waals surface area (Å²) in [6.07, 6.45) is 6.00. The van der Waals surface area contributed by atoms with Gasteiger partial charge in [0.2, 0.25) is 0 Å². The third-order valence-corrected chi connectivity index (χ3v) is 6.50. The standard InChI is InChI=1S/C8H15NO3.C8H13NO3.C6H13NO.C2H3ClO2.CH3.V/c2*1-12-8(11)9-4-2-7(6-10)3-5-9;8-5-6-1-3-7-4-2-6;1-5-2(3)4;;/h7,10H,2-6H2,1H3;6-7H,2-5H2,1H3;6-8H,1-5H2;1H3;1H3;/q;;;;-1;. The van der Waals surface area contributed by atoms with E-state index in [2.05, 4.69) is 31.1 Å². The number of piperidine rings is 3. The summed E-state index contributed by atoms with van der Waals surface area (Å²) in [7, 11) is 3.98. The first-order valence-electron chi connectivity index (χ1n) is 12.5. The van der Waals surface area contributed by atoms with Crippen molar-refractivity contribution in [2.24, 2.45) is 17.8 Å². The van der Waals surface area contributed by atoms with Gasteiger partial charge in [0, 0.05) is 75.5 Å². The molecule has 3 rings (SSSR count). The van der Waals surface area contributed by atoms with Crippen molar-refractivity contribution >= 4 is 35.5 Å². The fourth-order valence-electron chi connectivity index (χ4n) is 3.84. The van der Waals surface area contributed by atoms with Gasteiger partial charge in [-0.25, -0.2) is 14.4 Å². The minimum Gasteiger partial charge on any atom is -0.457 e. The van der Waals surface area contributed by atoms with Gasteiger partial charge in [0.15, 0.2) is 0 Å². The number of carbonyl (C=O) groups is 4. The van der Waals surface area contributed by atoms with Gasteiger partial charge in [-0.3, -0.25) is 0 Å². The Morgan fingerprint density at radius 3 is 1.44 bits per heavy atom. The van der Waals surface area contributed by atoms with E-state index in [1.54, 1.807) is 9.80 Å². The van der Waals surface area contributed by atoms with Gasteiger partial charge in [-0.15, -0.1) is 0 Å². The third kappa shape index (κ3) is 20.0. The number of hydrogen-bond acceptors (Lipinski definition) is 10. The van der Waals surface area contributed by atoms with Crippen molar-refractivity contribution in [1.82, 2.24) is 15.1 Å². The number of nitrogens with zero attached hydrogens (tertiary/aromatic N) is 2. The molecule has 229 valence electrons. The zero-order valence-electron chi connectivity index (χ0n) is 23.7. The molecule has 3 fully saturated rings. The van der Waals surface area contributed by atoms with Gasteiger partial charge < -0.3 is 51.8 Å². The molecule has 0 atom stereocenters. The zero-order valence-corrected chi connectivity index (χ0v) is 25.8. The Hall–Kier alpha value is -1.57. The quantitative estimate of drug-likeness (QED) is 0.186. The van der Waals surface area contributed by atoms with Crippen LogP contribution in [-0.2, 0) is 37.6 Å². The van der Waals surface area contributed by atoms with Crippen LogP contribution in [0.2, 0.25) is 0 Å². The normalized spacial score (nSPS) is 17.5. The molecule has 0 aromatic carbocycles. The molecule has 1 radical (unpaired) electrons. The van der Waals surface area contributed by atoms with Crippen LogP contribution in [0.25, 0.3) is 0 Å². The molecular weight excluding hydrogens is 573 g/mol. The van der Waals surface area contributed by atoms with E-state index in [9.17, 15) is 19.2 Å². The second-order valence-electron chi connectivity index (χ2n) is 8.83. The number of methoxy groups -OCH3 is 3. The monoisotopic (exact) mass is 619 g/mol. The summed E-state index contributed by atoms with van der Waals surface area (Å²) in [5, 5.41) is 20.7. The first kappa shape index (κ1) is 41.9. The molecule has 0 saturated carbocycles. The largest absolute Gasteiger partial charge is 0.457 e. The van der Waals surface area contributed by atoms with Crippen LogP contribution in [0.4, 0.5) is 14.4 Å². The van der Waals surface area contributed by atoms with Crippen molar-refractivity contribution in [3.8, 4) is 0 Å². The van der Waals surface area contributed by atoms with E-state index in [0.29, 0.717) is 44.6 Å². The van der Waals surface area contributed by atoms with Crippen molar-refractivity contribution in [3.63, 3.8) is 0 Å². The fourth-order valence-corrected chi connectivity index (χ4v) is 3.84. The van der Waals surface area contributed by atoms with E-state index in [-0.39, 0.29) is 50.7 Å². The first-order valence-corrected chi connectivity index (χ1v) is 12.9. The topological polar surface area (TPSA) is 155 Å². The van der Waals surface area contributed by atoms with E-state index < -0.39 is 5.43 Å². The number of amides is 2. The molecule has 3 aliphatic rings. The average Bonchev–Trinajstić information content (AvgIpc) is 2.97. The number of aliphatic hydroxyl groups is 2. The maximum Gasteiger partial charge on any atom is 0.409 e. The fraction of sp³-hybridized carbons (Fsp3) is 0.800. The Morgan fingerprint density at radius 1 is 0.795 bits per heavy atom. The Bertz CT molecular complexity index is 642. The zero-order chi connectivity index (χ0) is 28.1. The number of likely N-dealkylation sites (tertiary alicyclic amines) is 2. The molecule has 0 spiro atoms. The molecule has 2 amide bonds. The van der Waals surface area contributed by atoms with Gasteiger partial charge in [-0.05, 0) is 63.5 Å². The average molecular weight is 620 g/mol. The smallest absolute Gasteiger partial charge is 0.409 e. The van der Waals surface area contributed by atoms with Crippen molar-refractivity contribution in [3.05, 3.63) is 7.43 Å². The Labute approximate surface area is 249 Å². The van der Waals surface area contributed by atoms with Gasteiger partial charge in [0.25, 0.3) is 0 Å². The van der Waals surface area contributed by atoms with Crippen LogP contribution < -0.4 is 5.32 Å². The number of aliphatic hydroxyl groups excluding tert-OH is 2. The van der Waals surface area contributed by atoms with E-state index in [1.165, 1.54) is 21.3 Å². The van der Waals surface area contributed by atoms with Gasteiger partial charge in [-0.2, -0.15) is 0 Å². The Balaban J connectivity index is -0.000000455. The molecule has 0 unspecified atom stereocenters. The molecule has 0 bridgehead atoms. The molecular formula is C25H47ClN3O9V-. The molecule has 3 aliphatic heterocycles. The number of carbonyl (C=O) groups excluding carboxylic acids is 4. The van der Waals surface area contributed by atoms with E-state index in [1.807, 2.05) is 0 Å². The van der Waals surface area contributed by atoms with Crippen LogP contribution >= 0.6 is 11.6 Å². The SMILES string of the molecule is COC(=O)Cl.COC(=O)N1CCC(C=O)CC1.COC(=O)N1CCC(CO)CC1.OCC1CCNCC1.[CH3-].[V]. The molecule has 0 aromatic heterocycles. The Morgan fingerprint density at radius 2 is 1.15 bits per heavy atom. The van der Waals surface area contributed by atoms with E-state index in [0.717, 1.165) is 57.9 Å². The van der Waals surface area contributed by atoms with E-state index in [4.69, 9.17) is 10.2 Å². The maximum atomic E-state index is 11.0. The molecule has 3 N–H and O–H groups in total. The second kappa shape index (κ2) is 26.6. The summed E-state index contributed by atoms with van der Waals surface area (Å²) in [5.41, 5.74) is -0.773. The molecule has 3 saturated heterocycles. The number of halogens is 1. The van der Waals surface area contributed by atoms with Crippen LogP contribution in [0.15, 0.2) is 0 Å². The summed E-state index contributed by atoms with van der Waals surface area (Å²) >= 11 is 4.60. The minimum absolute atomic E-state index is 0. The summed E-state index contributed by atoms with van der Waals surface area (Å²) in [6, 6.07) is 0. The molecule has 12 nitrogen and oxygen atoms in total. The summed E-state index contributed by atoms with van der Waals surface area (Å²) in [4.78, 5) is 45.0. The van der Waals surface area contributed by atoms with Crippen molar-refractivity contribution < 1.29 is 62.2 Å². The number of nitrogens with one attached hydrogen (secondary N) is 1. The van der Waals surface area contributed by atoms with Crippen molar-refractivity contribution in [2.45, 2.75) is 38.5 Å². The number of aldehydes is 1. The van der Waals surface area contributed by atoms with Gasteiger partial charge >= 0.3 is 17.6 Å². The second-order valence-corrected chi connectivity index (χ2v) is 9.14. The van der Waals surface area contributed by atoms with Crippen LogP contribution in [0.1, 0.15) is 38.5 Å². The molecule has 14 heteroatoms. The maximum absolute atomic E-state index is 11.0. The number of rotatable bonds is 3. The number of hydrogen-bond donors (Lipinski definition) is 3. The summed E-state index contributed by atoms with van der Waals surface area (Å²) in [5.74, 6) is 1.08. The summed E-state index contributed by atoms with van der Waals surface area (Å²) in [6.45, 7) is 5.47. The van der Waals surface area contributed by atoms with E-state index >= 15 is 0 Å². The predicted molar refractivity (Wildman–Crippen MR) is 144 cm³/mol. The molecule has 39 heavy (non-hydrogen) atoms. The third-order valence-electron chi connectivity index (χ3n) is 6.35. The Kier molecular flexibility index (Phi) is 28.6. The van der Waals surface area contributed by atoms with Crippen LogP contribution in [-0.4, -0.2) is 118 Å². The molecule has 0 aliphatic carbocycles. The molecule has 0 aromatic rings. The van der Waals surface area contributed by atoms with Crippen LogP contribution in [0.5, 0.6) is 0 Å². The minimum atomic E-state index is -0.773. The van der Waals surface area contributed by atoms with Crippen molar-refractivity contribution in [2.75, 3.05) is 73.8 Å². The number of ether oxygens (including phenoxy) is 3. The summed E-state index contributed by atoms with van der Waals surface area (Å²) < 4.78 is 13.0. The first-order chi connectivity index (χ1) is 17.8. The predicted octanol–water partition coefficient (Wildman–Crippen LogP) is 2.54. The molecule has 3 heterocycles. The van der Waals surface area contributed by atoms with Crippen molar-refractivity contribution in [1.29, 1.82) is 0 Å². The van der Waals surface area contributed by atoms with Gasteiger partial charge in [0.05, 0.1) is 21.3 Å². The van der Waals surface area contributed by atoms with Gasteiger partial charge in [-0.1, -0.05) is 0 Å². The van der Waals surface area contributed by atoms with Crippen LogP contribution in [0.3, 0.4) is 0 Å². The van der Waals surface area contributed by atoms with Gasteiger partial charge in [0.1, 0.15) is 6.29 Å².